The summed E-state index contributed by atoms with van der Waals surface area (Å²) in [4.78, 5) is 11.4. The fraction of sp³-hybridized carbons (Fsp3) is 0.188. The van der Waals surface area contributed by atoms with Crippen molar-refractivity contribution in [3.05, 3.63) is 53.1 Å². The molecule has 3 aromatic rings. The SMILES string of the molecule is C=C(C)CCOc1c2occc2cc2ccc(=O)oc12. The summed E-state index contributed by atoms with van der Waals surface area (Å²) >= 11 is 0. The van der Waals surface area contributed by atoms with Gasteiger partial charge < -0.3 is 13.6 Å². The summed E-state index contributed by atoms with van der Waals surface area (Å²) in [6.07, 6.45) is 2.32. The Morgan fingerprint density at radius 3 is 2.85 bits per heavy atom. The molecule has 1 aromatic carbocycles. The number of hydrogen-bond acceptors (Lipinski definition) is 4. The number of benzene rings is 1. The number of hydrogen-bond donors (Lipinski definition) is 0. The Balaban J connectivity index is 2.16. The van der Waals surface area contributed by atoms with Crippen LogP contribution >= 0.6 is 0 Å². The fourth-order valence-electron chi connectivity index (χ4n) is 2.06. The molecule has 0 amide bonds. The molecule has 102 valence electrons. The molecule has 0 saturated carbocycles. The van der Waals surface area contributed by atoms with Gasteiger partial charge in [-0.3, -0.25) is 0 Å². The van der Waals surface area contributed by atoms with E-state index in [9.17, 15) is 4.79 Å². The smallest absolute Gasteiger partial charge is 0.336 e. The van der Waals surface area contributed by atoms with Crippen molar-refractivity contribution in [1.29, 1.82) is 0 Å². The van der Waals surface area contributed by atoms with Gasteiger partial charge in [0.1, 0.15) is 0 Å². The van der Waals surface area contributed by atoms with E-state index in [-0.39, 0.29) is 0 Å². The molecule has 4 heteroatoms. The van der Waals surface area contributed by atoms with Crippen LogP contribution in [0.5, 0.6) is 5.75 Å². The van der Waals surface area contributed by atoms with Crippen LogP contribution < -0.4 is 10.4 Å². The molecular formula is C16H14O4. The summed E-state index contributed by atoms with van der Waals surface area (Å²) in [7, 11) is 0. The van der Waals surface area contributed by atoms with Crippen LogP contribution in [0, 0.1) is 0 Å². The van der Waals surface area contributed by atoms with Crippen molar-refractivity contribution >= 4 is 21.9 Å². The highest BCUT2D eigenvalue weighted by atomic mass is 16.5. The molecule has 0 N–H and O–H groups in total. The van der Waals surface area contributed by atoms with E-state index in [1.165, 1.54) is 6.07 Å². The van der Waals surface area contributed by atoms with Crippen LogP contribution in [0.25, 0.3) is 21.9 Å². The largest absolute Gasteiger partial charge is 0.486 e. The van der Waals surface area contributed by atoms with E-state index in [4.69, 9.17) is 13.6 Å². The maximum absolute atomic E-state index is 11.4. The summed E-state index contributed by atoms with van der Waals surface area (Å²) in [5.41, 5.74) is 1.63. The molecular weight excluding hydrogens is 256 g/mol. The fourth-order valence-corrected chi connectivity index (χ4v) is 2.06. The number of fused-ring (bicyclic) bond motifs is 2. The predicted molar refractivity (Wildman–Crippen MR) is 77.2 cm³/mol. The highest BCUT2D eigenvalue weighted by molar-refractivity contribution is 5.99. The van der Waals surface area contributed by atoms with Crippen molar-refractivity contribution in [1.82, 2.24) is 0 Å². The lowest BCUT2D eigenvalue weighted by Crippen LogP contribution is -2.01. The van der Waals surface area contributed by atoms with Gasteiger partial charge in [-0.2, -0.15) is 0 Å². The van der Waals surface area contributed by atoms with Crippen molar-refractivity contribution in [3.63, 3.8) is 0 Å². The average molecular weight is 270 g/mol. The second kappa shape index (κ2) is 4.89. The van der Waals surface area contributed by atoms with E-state index in [1.54, 1.807) is 12.3 Å². The lowest BCUT2D eigenvalue weighted by Gasteiger charge is -2.08. The highest BCUT2D eigenvalue weighted by Gasteiger charge is 2.14. The van der Waals surface area contributed by atoms with Gasteiger partial charge in [-0.25, -0.2) is 4.79 Å². The first-order chi connectivity index (χ1) is 9.65. The number of ether oxygens (including phenoxy) is 1. The lowest BCUT2D eigenvalue weighted by molar-refractivity contribution is 0.318. The summed E-state index contributed by atoms with van der Waals surface area (Å²) in [5, 5.41) is 1.72. The summed E-state index contributed by atoms with van der Waals surface area (Å²) in [6, 6.07) is 6.87. The summed E-state index contributed by atoms with van der Waals surface area (Å²) in [5.74, 6) is 0.474. The second-order valence-corrected chi connectivity index (χ2v) is 4.77. The standard InChI is InChI=1S/C16H14O4/c1-10(2)5-7-19-16-14-12(6-8-18-14)9-11-3-4-13(17)20-15(11)16/h3-4,6,8-9H,1,5,7H2,2H3. The lowest BCUT2D eigenvalue weighted by atomic mass is 10.1. The van der Waals surface area contributed by atoms with Crippen molar-refractivity contribution < 1.29 is 13.6 Å². The maximum Gasteiger partial charge on any atom is 0.336 e. The highest BCUT2D eigenvalue weighted by Crippen LogP contribution is 2.35. The zero-order chi connectivity index (χ0) is 14.1. The molecule has 0 aliphatic carbocycles. The van der Waals surface area contributed by atoms with Crippen molar-refractivity contribution in [2.75, 3.05) is 6.61 Å². The van der Waals surface area contributed by atoms with Gasteiger partial charge in [0.25, 0.3) is 0 Å². The molecule has 20 heavy (non-hydrogen) atoms. The van der Waals surface area contributed by atoms with E-state index >= 15 is 0 Å². The van der Waals surface area contributed by atoms with Gasteiger partial charge in [0.15, 0.2) is 11.2 Å². The minimum atomic E-state index is -0.409. The summed E-state index contributed by atoms with van der Waals surface area (Å²) < 4.78 is 16.5. The minimum Gasteiger partial charge on any atom is -0.486 e. The molecule has 0 spiro atoms. The molecule has 3 rings (SSSR count). The Kier molecular flexibility index (Phi) is 3.06. The maximum atomic E-state index is 11.4. The third-order valence-corrected chi connectivity index (χ3v) is 3.06. The zero-order valence-corrected chi connectivity index (χ0v) is 11.1. The van der Waals surface area contributed by atoms with Crippen molar-refractivity contribution in [2.45, 2.75) is 13.3 Å². The molecule has 2 heterocycles. The molecule has 0 radical (unpaired) electrons. The normalized spacial score (nSPS) is 11.1. The molecule has 2 aromatic heterocycles. The summed E-state index contributed by atoms with van der Waals surface area (Å²) in [6.45, 7) is 6.24. The van der Waals surface area contributed by atoms with E-state index < -0.39 is 5.63 Å². The van der Waals surface area contributed by atoms with Crippen LogP contribution in [-0.2, 0) is 0 Å². The molecule has 0 fully saturated rings. The Hall–Kier alpha value is -2.49. The van der Waals surface area contributed by atoms with Crippen LogP contribution in [0.2, 0.25) is 0 Å². The predicted octanol–water partition coefficient (Wildman–Crippen LogP) is 3.88. The first-order valence-corrected chi connectivity index (χ1v) is 6.36. The molecule has 0 unspecified atom stereocenters. The molecule has 0 aliphatic heterocycles. The van der Waals surface area contributed by atoms with Crippen LogP contribution in [0.15, 0.2) is 56.3 Å². The van der Waals surface area contributed by atoms with E-state index in [0.29, 0.717) is 23.5 Å². The van der Waals surface area contributed by atoms with Gasteiger partial charge in [0, 0.05) is 23.3 Å². The Morgan fingerprint density at radius 1 is 1.25 bits per heavy atom. The topological polar surface area (TPSA) is 52.6 Å². The third kappa shape index (κ3) is 2.20. The van der Waals surface area contributed by atoms with Gasteiger partial charge in [-0.05, 0) is 25.1 Å². The Bertz CT molecular complexity index is 838. The quantitative estimate of drug-likeness (QED) is 0.533. The third-order valence-electron chi connectivity index (χ3n) is 3.06. The van der Waals surface area contributed by atoms with Crippen LogP contribution in [0.4, 0.5) is 0 Å². The zero-order valence-electron chi connectivity index (χ0n) is 11.1. The van der Waals surface area contributed by atoms with E-state index in [0.717, 1.165) is 22.8 Å². The Labute approximate surface area is 115 Å². The second-order valence-electron chi connectivity index (χ2n) is 4.77. The first-order valence-electron chi connectivity index (χ1n) is 6.36. The van der Waals surface area contributed by atoms with Crippen LogP contribution in [0.1, 0.15) is 13.3 Å². The average Bonchev–Trinajstić information content (AvgIpc) is 2.86. The molecule has 4 nitrogen and oxygen atoms in total. The van der Waals surface area contributed by atoms with E-state index in [2.05, 4.69) is 6.58 Å². The van der Waals surface area contributed by atoms with Crippen molar-refractivity contribution in [3.8, 4) is 5.75 Å². The van der Waals surface area contributed by atoms with Crippen LogP contribution in [-0.4, -0.2) is 6.61 Å². The van der Waals surface area contributed by atoms with Gasteiger partial charge >= 0.3 is 5.63 Å². The molecule has 0 bridgehead atoms. The Morgan fingerprint density at radius 2 is 2.05 bits per heavy atom. The number of rotatable bonds is 4. The molecule has 0 aliphatic rings. The first kappa shape index (κ1) is 12.5. The molecule has 0 atom stereocenters. The van der Waals surface area contributed by atoms with Gasteiger partial charge in [0.05, 0.1) is 12.9 Å². The number of furan rings is 1. The van der Waals surface area contributed by atoms with Crippen molar-refractivity contribution in [2.24, 2.45) is 0 Å². The molecule has 0 saturated heterocycles. The van der Waals surface area contributed by atoms with Gasteiger partial charge in [-0.1, -0.05) is 5.57 Å². The minimum absolute atomic E-state index is 0.409. The van der Waals surface area contributed by atoms with Crippen LogP contribution in [0.3, 0.4) is 0 Å². The van der Waals surface area contributed by atoms with E-state index in [1.807, 2.05) is 19.1 Å². The van der Waals surface area contributed by atoms with Gasteiger partial charge in [-0.15, -0.1) is 6.58 Å². The monoisotopic (exact) mass is 270 g/mol. The van der Waals surface area contributed by atoms with Gasteiger partial charge in [0.2, 0.25) is 5.75 Å².